The fraction of sp³-hybridized carbons (Fsp3) is 0.471. The van der Waals surface area contributed by atoms with Crippen molar-refractivity contribution in [3.8, 4) is 0 Å². The van der Waals surface area contributed by atoms with Crippen LogP contribution in [0.15, 0.2) is 36.5 Å². The highest BCUT2D eigenvalue weighted by atomic mass is 19.1. The van der Waals surface area contributed by atoms with Gasteiger partial charge in [-0.1, -0.05) is 12.1 Å². The number of piperidine rings is 1. The first-order valence-electron chi connectivity index (χ1n) is 7.77. The van der Waals surface area contributed by atoms with Crippen LogP contribution in [0.4, 0.5) is 4.39 Å². The molecule has 0 spiro atoms. The van der Waals surface area contributed by atoms with Gasteiger partial charge in [-0.2, -0.15) is 5.10 Å². The van der Waals surface area contributed by atoms with Crippen molar-refractivity contribution in [3.05, 3.63) is 53.6 Å². The Balaban J connectivity index is 1.55. The summed E-state index contributed by atoms with van der Waals surface area (Å²) in [6.07, 6.45) is 3.34. The standard InChI is InChI=1S/C17H22FN3O/c1-20-16(5-8-19-20)13-6-9-21(10-7-13)12-17(22)14-3-2-4-15(18)11-14/h2-5,8,11,13,17,22H,6-7,9-10,12H2,1H3/t17-/m0/s1. The SMILES string of the molecule is Cn1nccc1C1CCN(C[C@H](O)c2cccc(F)c2)CC1. The van der Waals surface area contributed by atoms with Gasteiger partial charge in [-0.05, 0) is 49.7 Å². The van der Waals surface area contributed by atoms with Gasteiger partial charge in [0.2, 0.25) is 0 Å². The summed E-state index contributed by atoms with van der Waals surface area (Å²) >= 11 is 0. The maximum atomic E-state index is 13.2. The molecule has 1 aromatic heterocycles. The first-order valence-corrected chi connectivity index (χ1v) is 7.77. The summed E-state index contributed by atoms with van der Waals surface area (Å²) < 4.78 is 15.2. The van der Waals surface area contributed by atoms with Gasteiger partial charge < -0.3 is 10.0 Å². The van der Waals surface area contributed by atoms with E-state index in [1.807, 2.05) is 17.9 Å². The van der Waals surface area contributed by atoms with Crippen LogP contribution in [-0.2, 0) is 7.05 Å². The van der Waals surface area contributed by atoms with Gasteiger partial charge in [-0.25, -0.2) is 4.39 Å². The smallest absolute Gasteiger partial charge is 0.123 e. The van der Waals surface area contributed by atoms with E-state index >= 15 is 0 Å². The second-order valence-electron chi connectivity index (χ2n) is 6.03. The van der Waals surface area contributed by atoms with Gasteiger partial charge in [-0.3, -0.25) is 4.68 Å². The van der Waals surface area contributed by atoms with Crippen LogP contribution in [0.1, 0.15) is 36.1 Å². The van der Waals surface area contributed by atoms with Gasteiger partial charge in [0.25, 0.3) is 0 Å². The summed E-state index contributed by atoms with van der Waals surface area (Å²) in [7, 11) is 1.98. The molecule has 2 aromatic rings. The first-order chi connectivity index (χ1) is 10.6. The van der Waals surface area contributed by atoms with E-state index in [-0.39, 0.29) is 5.82 Å². The van der Waals surface area contributed by atoms with Crippen LogP contribution >= 0.6 is 0 Å². The highest BCUT2D eigenvalue weighted by molar-refractivity contribution is 5.19. The molecule has 1 saturated heterocycles. The van der Waals surface area contributed by atoms with Gasteiger partial charge in [0.15, 0.2) is 0 Å². The quantitative estimate of drug-likeness (QED) is 0.943. The number of likely N-dealkylation sites (tertiary alicyclic amines) is 1. The predicted molar refractivity (Wildman–Crippen MR) is 83.0 cm³/mol. The third-order valence-electron chi connectivity index (χ3n) is 4.53. The highest BCUT2D eigenvalue weighted by Crippen LogP contribution is 2.28. The average molecular weight is 303 g/mol. The molecule has 22 heavy (non-hydrogen) atoms. The van der Waals surface area contributed by atoms with Crippen molar-refractivity contribution in [3.63, 3.8) is 0 Å². The second kappa shape index (κ2) is 6.58. The Bertz CT molecular complexity index is 620. The Morgan fingerprint density at radius 1 is 1.32 bits per heavy atom. The molecule has 1 fully saturated rings. The summed E-state index contributed by atoms with van der Waals surface area (Å²) in [4.78, 5) is 2.25. The van der Waals surface area contributed by atoms with Gasteiger partial charge >= 0.3 is 0 Å². The molecule has 2 heterocycles. The molecule has 1 aliphatic heterocycles. The van der Waals surface area contributed by atoms with Crippen molar-refractivity contribution in [1.29, 1.82) is 0 Å². The van der Waals surface area contributed by atoms with Crippen molar-refractivity contribution < 1.29 is 9.50 Å². The van der Waals surface area contributed by atoms with E-state index in [2.05, 4.69) is 16.1 Å². The lowest BCUT2D eigenvalue weighted by Crippen LogP contribution is -2.36. The fourth-order valence-corrected chi connectivity index (χ4v) is 3.26. The third kappa shape index (κ3) is 3.36. The van der Waals surface area contributed by atoms with E-state index in [9.17, 15) is 9.50 Å². The summed E-state index contributed by atoms with van der Waals surface area (Å²) in [5.74, 6) is 0.238. The van der Waals surface area contributed by atoms with Crippen LogP contribution in [0, 0.1) is 5.82 Å². The van der Waals surface area contributed by atoms with Crippen LogP contribution < -0.4 is 0 Å². The first kappa shape index (κ1) is 15.2. The molecular formula is C17H22FN3O. The molecule has 1 atom stereocenters. The average Bonchev–Trinajstić information content (AvgIpc) is 2.94. The summed E-state index contributed by atoms with van der Waals surface area (Å²) in [6.45, 7) is 2.45. The number of β-amino-alcohol motifs (C(OH)–C–C–N with tert-alkyl or cyclic N) is 1. The van der Waals surface area contributed by atoms with E-state index in [4.69, 9.17) is 0 Å². The summed E-state index contributed by atoms with van der Waals surface area (Å²) in [5, 5.41) is 14.5. The summed E-state index contributed by atoms with van der Waals surface area (Å²) in [6, 6.07) is 8.31. The van der Waals surface area contributed by atoms with Gasteiger partial charge in [-0.15, -0.1) is 0 Å². The zero-order valence-corrected chi connectivity index (χ0v) is 12.8. The molecule has 1 N–H and O–H groups in total. The molecule has 0 aliphatic carbocycles. The number of aryl methyl sites for hydroxylation is 1. The number of aliphatic hydroxyl groups excluding tert-OH is 1. The molecule has 5 heteroatoms. The largest absolute Gasteiger partial charge is 0.387 e. The molecule has 0 bridgehead atoms. The minimum Gasteiger partial charge on any atom is -0.387 e. The zero-order valence-electron chi connectivity index (χ0n) is 12.8. The van der Waals surface area contributed by atoms with Crippen LogP contribution in [0.25, 0.3) is 0 Å². The Morgan fingerprint density at radius 2 is 2.09 bits per heavy atom. The maximum absolute atomic E-state index is 13.2. The Morgan fingerprint density at radius 3 is 2.73 bits per heavy atom. The number of hydrogen-bond donors (Lipinski definition) is 1. The van der Waals surface area contributed by atoms with E-state index in [1.165, 1.54) is 17.8 Å². The number of benzene rings is 1. The molecule has 1 aliphatic rings. The van der Waals surface area contributed by atoms with Crippen molar-refractivity contribution >= 4 is 0 Å². The van der Waals surface area contributed by atoms with Crippen molar-refractivity contribution in [2.75, 3.05) is 19.6 Å². The number of rotatable bonds is 4. The van der Waals surface area contributed by atoms with Gasteiger partial charge in [0, 0.05) is 31.4 Å². The normalized spacial score (nSPS) is 18.5. The molecule has 3 rings (SSSR count). The third-order valence-corrected chi connectivity index (χ3v) is 4.53. The molecule has 0 unspecified atom stereocenters. The number of aliphatic hydroxyl groups is 1. The molecule has 0 radical (unpaired) electrons. The van der Waals surface area contributed by atoms with Crippen molar-refractivity contribution in [2.24, 2.45) is 7.05 Å². The molecule has 118 valence electrons. The number of nitrogens with zero attached hydrogens (tertiary/aromatic N) is 3. The Labute approximate surface area is 130 Å². The van der Waals surface area contributed by atoms with E-state index in [0.717, 1.165) is 25.9 Å². The zero-order chi connectivity index (χ0) is 15.5. The monoisotopic (exact) mass is 303 g/mol. The number of aromatic nitrogens is 2. The van der Waals surface area contributed by atoms with Crippen LogP contribution in [-0.4, -0.2) is 39.4 Å². The lowest BCUT2D eigenvalue weighted by atomic mass is 9.93. The molecule has 0 amide bonds. The van der Waals surface area contributed by atoms with Crippen LogP contribution in [0.2, 0.25) is 0 Å². The minimum absolute atomic E-state index is 0.300. The lowest BCUT2D eigenvalue weighted by molar-refractivity contribution is 0.0964. The molecular weight excluding hydrogens is 281 g/mol. The predicted octanol–water partition coefficient (Wildman–Crippen LogP) is 2.47. The maximum Gasteiger partial charge on any atom is 0.123 e. The summed E-state index contributed by atoms with van der Waals surface area (Å²) in [5.41, 5.74) is 1.93. The van der Waals surface area contributed by atoms with Crippen molar-refractivity contribution in [2.45, 2.75) is 24.9 Å². The lowest BCUT2D eigenvalue weighted by Gasteiger charge is -2.33. The van der Waals surface area contributed by atoms with Gasteiger partial charge in [0.05, 0.1) is 6.10 Å². The van der Waals surface area contributed by atoms with Crippen LogP contribution in [0.3, 0.4) is 0 Å². The number of hydrogen-bond acceptors (Lipinski definition) is 3. The Hall–Kier alpha value is -1.72. The fourth-order valence-electron chi connectivity index (χ4n) is 3.26. The second-order valence-corrected chi connectivity index (χ2v) is 6.03. The van der Waals surface area contributed by atoms with Crippen LogP contribution in [0.5, 0.6) is 0 Å². The van der Waals surface area contributed by atoms with E-state index < -0.39 is 6.10 Å². The topological polar surface area (TPSA) is 41.3 Å². The van der Waals surface area contributed by atoms with Gasteiger partial charge in [0.1, 0.15) is 5.82 Å². The highest BCUT2D eigenvalue weighted by Gasteiger charge is 2.24. The number of halogens is 1. The van der Waals surface area contributed by atoms with E-state index in [1.54, 1.807) is 12.1 Å². The minimum atomic E-state index is -0.635. The molecule has 0 saturated carbocycles. The van der Waals surface area contributed by atoms with E-state index in [0.29, 0.717) is 18.0 Å². The molecule has 1 aromatic carbocycles. The van der Waals surface area contributed by atoms with Crippen molar-refractivity contribution in [1.82, 2.24) is 14.7 Å². The molecule has 4 nitrogen and oxygen atoms in total. The Kier molecular flexibility index (Phi) is 4.55.